The van der Waals surface area contributed by atoms with E-state index in [2.05, 4.69) is 0 Å². The lowest BCUT2D eigenvalue weighted by Gasteiger charge is -2.35. The van der Waals surface area contributed by atoms with Gasteiger partial charge in [-0.1, -0.05) is 0 Å². The number of rotatable bonds is 3. The quantitative estimate of drug-likeness (QED) is 0.756. The first-order valence-corrected chi connectivity index (χ1v) is 6.49. The summed E-state index contributed by atoms with van der Waals surface area (Å²) in [5.74, 6) is 0.647. The number of nitrogens with zero attached hydrogens (tertiary/aromatic N) is 1. The molecule has 0 aromatic rings. The summed E-state index contributed by atoms with van der Waals surface area (Å²) in [6, 6.07) is 0. The number of nitrogens with two attached hydrogens (primary N) is 1. The van der Waals surface area contributed by atoms with Crippen LogP contribution in [0.2, 0.25) is 0 Å². The summed E-state index contributed by atoms with van der Waals surface area (Å²) in [7, 11) is 0. The molecule has 98 valence electrons. The van der Waals surface area contributed by atoms with Crippen molar-refractivity contribution in [3.8, 4) is 0 Å². The van der Waals surface area contributed by atoms with Crippen LogP contribution in [0, 0.1) is 5.92 Å². The summed E-state index contributed by atoms with van der Waals surface area (Å²) < 4.78 is 10.7. The molecule has 0 aromatic heterocycles. The number of carbonyl (C=O) groups is 1. The minimum atomic E-state index is -0.389. The van der Waals surface area contributed by atoms with Crippen molar-refractivity contribution in [2.24, 2.45) is 11.7 Å². The molecular formula is C12H22N2O3. The average molecular weight is 242 g/mol. The van der Waals surface area contributed by atoms with E-state index in [1.165, 1.54) is 6.42 Å². The number of likely N-dealkylation sites (tertiary alicyclic amines) is 1. The lowest BCUT2D eigenvalue weighted by Crippen LogP contribution is -2.49. The molecule has 2 aliphatic heterocycles. The Morgan fingerprint density at radius 1 is 1.41 bits per heavy atom. The predicted molar refractivity (Wildman–Crippen MR) is 63.5 cm³/mol. The average Bonchev–Trinajstić information content (AvgIpc) is 2.40. The first-order valence-electron chi connectivity index (χ1n) is 6.49. The van der Waals surface area contributed by atoms with E-state index in [4.69, 9.17) is 15.2 Å². The molecule has 0 aliphatic carbocycles. The van der Waals surface area contributed by atoms with Crippen LogP contribution in [0.5, 0.6) is 0 Å². The monoisotopic (exact) mass is 242 g/mol. The van der Waals surface area contributed by atoms with Crippen molar-refractivity contribution in [3.05, 3.63) is 0 Å². The standard InChI is InChI=1S/C12H22N2O3/c13-4-3-10-2-1-5-14(8-10)12(15)11-9-16-6-7-17-11/h10-11H,1-9,13H2. The maximum atomic E-state index is 12.2. The first kappa shape index (κ1) is 12.8. The normalized spacial score (nSPS) is 30.3. The van der Waals surface area contributed by atoms with Crippen LogP contribution >= 0.6 is 0 Å². The lowest BCUT2D eigenvalue weighted by atomic mass is 9.94. The fraction of sp³-hybridized carbons (Fsp3) is 0.917. The van der Waals surface area contributed by atoms with E-state index in [0.717, 1.165) is 25.9 Å². The summed E-state index contributed by atoms with van der Waals surface area (Å²) >= 11 is 0. The molecule has 0 bridgehead atoms. The van der Waals surface area contributed by atoms with Crippen LogP contribution in [0.1, 0.15) is 19.3 Å². The van der Waals surface area contributed by atoms with Gasteiger partial charge >= 0.3 is 0 Å². The third-order valence-corrected chi connectivity index (χ3v) is 3.50. The molecule has 0 radical (unpaired) electrons. The van der Waals surface area contributed by atoms with Crippen LogP contribution in [0.15, 0.2) is 0 Å². The fourth-order valence-corrected chi connectivity index (χ4v) is 2.57. The molecule has 2 aliphatic rings. The Hall–Kier alpha value is -0.650. The van der Waals surface area contributed by atoms with E-state index in [1.807, 2.05) is 4.90 Å². The van der Waals surface area contributed by atoms with Crippen molar-refractivity contribution >= 4 is 5.91 Å². The third kappa shape index (κ3) is 3.40. The van der Waals surface area contributed by atoms with E-state index in [9.17, 15) is 4.79 Å². The largest absolute Gasteiger partial charge is 0.376 e. The third-order valence-electron chi connectivity index (χ3n) is 3.50. The van der Waals surface area contributed by atoms with Crippen LogP contribution < -0.4 is 5.73 Å². The van der Waals surface area contributed by atoms with Gasteiger partial charge in [-0.05, 0) is 31.7 Å². The Labute approximate surface area is 102 Å². The highest BCUT2D eigenvalue weighted by atomic mass is 16.6. The Morgan fingerprint density at radius 3 is 3.00 bits per heavy atom. The molecule has 0 aromatic carbocycles. The lowest BCUT2D eigenvalue weighted by molar-refractivity contribution is -0.159. The van der Waals surface area contributed by atoms with E-state index >= 15 is 0 Å². The zero-order chi connectivity index (χ0) is 12.1. The second kappa shape index (κ2) is 6.33. The van der Waals surface area contributed by atoms with Crippen molar-refractivity contribution < 1.29 is 14.3 Å². The Balaban J connectivity index is 1.85. The van der Waals surface area contributed by atoms with Gasteiger partial charge in [0.1, 0.15) is 0 Å². The number of carbonyl (C=O) groups excluding carboxylic acids is 1. The molecule has 5 nitrogen and oxygen atoms in total. The molecule has 2 fully saturated rings. The van der Waals surface area contributed by atoms with Crippen molar-refractivity contribution in [1.82, 2.24) is 4.90 Å². The molecule has 2 atom stereocenters. The van der Waals surface area contributed by atoms with Gasteiger partial charge in [0, 0.05) is 13.1 Å². The van der Waals surface area contributed by atoms with Crippen LogP contribution in [-0.4, -0.2) is 56.4 Å². The summed E-state index contributed by atoms with van der Waals surface area (Å²) in [5.41, 5.74) is 5.58. The highest BCUT2D eigenvalue weighted by molar-refractivity contribution is 5.81. The number of hydrogen-bond acceptors (Lipinski definition) is 4. The SMILES string of the molecule is NCCC1CCCN(C(=O)C2COCCO2)C1. The fourth-order valence-electron chi connectivity index (χ4n) is 2.57. The summed E-state index contributed by atoms with van der Waals surface area (Å²) in [5, 5.41) is 0. The smallest absolute Gasteiger partial charge is 0.254 e. The van der Waals surface area contributed by atoms with Crippen LogP contribution in [-0.2, 0) is 14.3 Å². The second-order valence-electron chi connectivity index (χ2n) is 4.80. The van der Waals surface area contributed by atoms with Crippen molar-refractivity contribution in [2.75, 3.05) is 39.5 Å². The molecule has 2 saturated heterocycles. The van der Waals surface area contributed by atoms with Gasteiger partial charge in [0.15, 0.2) is 6.10 Å². The summed E-state index contributed by atoms with van der Waals surface area (Å²) in [4.78, 5) is 14.1. The van der Waals surface area contributed by atoms with Gasteiger partial charge in [0.2, 0.25) is 0 Å². The predicted octanol–water partition coefficient (Wildman–Crippen LogP) is -0.0108. The molecule has 5 heteroatoms. The Bertz CT molecular complexity index is 252. The Morgan fingerprint density at radius 2 is 2.29 bits per heavy atom. The molecule has 2 heterocycles. The van der Waals surface area contributed by atoms with Gasteiger partial charge < -0.3 is 20.1 Å². The minimum Gasteiger partial charge on any atom is -0.376 e. The van der Waals surface area contributed by atoms with E-state index in [1.54, 1.807) is 0 Å². The van der Waals surface area contributed by atoms with Crippen LogP contribution in [0.25, 0.3) is 0 Å². The summed E-state index contributed by atoms with van der Waals surface area (Å²) in [6.07, 6.45) is 2.87. The van der Waals surface area contributed by atoms with Gasteiger partial charge in [0.05, 0.1) is 19.8 Å². The maximum Gasteiger partial charge on any atom is 0.254 e. The molecule has 0 spiro atoms. The van der Waals surface area contributed by atoms with Gasteiger partial charge in [-0.25, -0.2) is 0 Å². The number of hydrogen-bond donors (Lipinski definition) is 1. The maximum absolute atomic E-state index is 12.2. The molecule has 2 N–H and O–H groups in total. The van der Waals surface area contributed by atoms with E-state index in [-0.39, 0.29) is 12.0 Å². The molecular weight excluding hydrogens is 220 g/mol. The number of ether oxygens (including phenoxy) is 2. The van der Waals surface area contributed by atoms with Gasteiger partial charge in [-0.2, -0.15) is 0 Å². The van der Waals surface area contributed by atoms with Crippen molar-refractivity contribution in [3.63, 3.8) is 0 Å². The molecule has 1 amide bonds. The molecule has 2 rings (SSSR count). The Kier molecular flexibility index (Phi) is 4.76. The first-order chi connectivity index (χ1) is 8.31. The van der Waals surface area contributed by atoms with Crippen molar-refractivity contribution in [2.45, 2.75) is 25.4 Å². The summed E-state index contributed by atoms with van der Waals surface area (Å²) in [6.45, 7) is 3.90. The highest BCUT2D eigenvalue weighted by Crippen LogP contribution is 2.20. The van der Waals surface area contributed by atoms with Crippen molar-refractivity contribution in [1.29, 1.82) is 0 Å². The van der Waals surface area contributed by atoms with E-state index < -0.39 is 0 Å². The van der Waals surface area contributed by atoms with Crippen LogP contribution in [0.4, 0.5) is 0 Å². The molecule has 17 heavy (non-hydrogen) atoms. The molecule has 2 unspecified atom stereocenters. The highest BCUT2D eigenvalue weighted by Gasteiger charge is 2.30. The topological polar surface area (TPSA) is 64.8 Å². The van der Waals surface area contributed by atoms with Gasteiger partial charge in [-0.15, -0.1) is 0 Å². The second-order valence-corrected chi connectivity index (χ2v) is 4.80. The zero-order valence-electron chi connectivity index (χ0n) is 10.3. The number of piperidine rings is 1. The van der Waals surface area contributed by atoms with E-state index in [0.29, 0.717) is 32.3 Å². The molecule has 0 saturated carbocycles. The van der Waals surface area contributed by atoms with Gasteiger partial charge in [-0.3, -0.25) is 4.79 Å². The number of amides is 1. The minimum absolute atomic E-state index is 0.0893. The van der Waals surface area contributed by atoms with Crippen LogP contribution in [0.3, 0.4) is 0 Å². The zero-order valence-corrected chi connectivity index (χ0v) is 10.3. The van der Waals surface area contributed by atoms with Gasteiger partial charge in [0.25, 0.3) is 5.91 Å².